The molecule has 0 spiro atoms. The van der Waals surface area contributed by atoms with E-state index in [0.29, 0.717) is 42.6 Å². The van der Waals surface area contributed by atoms with Gasteiger partial charge in [0.25, 0.3) is 11.8 Å². The fourth-order valence-electron chi connectivity index (χ4n) is 2.88. The van der Waals surface area contributed by atoms with Gasteiger partial charge in [-0.2, -0.15) is 15.4 Å². The highest BCUT2D eigenvalue weighted by atomic mass is 16.2. The zero-order valence-corrected chi connectivity index (χ0v) is 13.8. The lowest BCUT2D eigenvalue weighted by molar-refractivity contribution is 0.0677. The molecule has 3 rings (SSSR count). The van der Waals surface area contributed by atoms with Gasteiger partial charge in [-0.3, -0.25) is 9.59 Å². The van der Waals surface area contributed by atoms with Crippen molar-refractivity contribution < 1.29 is 9.59 Å². The van der Waals surface area contributed by atoms with E-state index in [1.165, 1.54) is 6.33 Å². The van der Waals surface area contributed by atoms with Crippen molar-refractivity contribution in [3.8, 4) is 0 Å². The molecule has 1 fully saturated rings. The largest absolute Gasteiger partial charge is 0.350 e. The van der Waals surface area contributed by atoms with E-state index in [-0.39, 0.29) is 11.8 Å². The van der Waals surface area contributed by atoms with E-state index in [1.54, 1.807) is 11.8 Å². The molecule has 3 heterocycles. The topological polar surface area (TPSA) is 120 Å². The Bertz CT molecular complexity index is 728. The molecule has 0 radical (unpaired) electrons. The molecule has 128 valence electrons. The zero-order chi connectivity index (χ0) is 17.1. The Balaban J connectivity index is 1.47. The summed E-state index contributed by atoms with van der Waals surface area (Å²) in [5, 5.41) is 13.2. The summed E-state index contributed by atoms with van der Waals surface area (Å²) in [6.07, 6.45) is 3.21. The molecule has 2 amide bonds. The number of likely N-dealkylation sites (tertiary alicyclic amines) is 1. The van der Waals surface area contributed by atoms with Crippen LogP contribution in [-0.2, 0) is 0 Å². The van der Waals surface area contributed by atoms with E-state index >= 15 is 0 Å². The van der Waals surface area contributed by atoms with Gasteiger partial charge in [0, 0.05) is 25.3 Å². The van der Waals surface area contributed by atoms with Crippen LogP contribution in [0.3, 0.4) is 0 Å². The molecule has 2 aromatic rings. The molecule has 2 aromatic heterocycles. The summed E-state index contributed by atoms with van der Waals surface area (Å²) in [6, 6.07) is 0. The van der Waals surface area contributed by atoms with Crippen molar-refractivity contribution in [3.63, 3.8) is 0 Å². The number of carbonyl (C=O) groups is 2. The molecule has 0 bridgehead atoms. The third kappa shape index (κ3) is 3.29. The minimum Gasteiger partial charge on any atom is -0.350 e. The molecule has 1 saturated heterocycles. The minimum atomic E-state index is -0.162. The molecule has 0 unspecified atom stereocenters. The molecule has 0 aliphatic carbocycles. The molecule has 0 atom stereocenters. The van der Waals surface area contributed by atoms with Gasteiger partial charge in [0.05, 0.1) is 12.0 Å². The van der Waals surface area contributed by atoms with Crippen molar-refractivity contribution in [2.75, 3.05) is 19.6 Å². The van der Waals surface area contributed by atoms with Crippen LogP contribution < -0.4 is 5.32 Å². The maximum atomic E-state index is 12.4. The Labute approximate surface area is 139 Å². The van der Waals surface area contributed by atoms with Crippen LogP contribution in [0.15, 0.2) is 6.33 Å². The summed E-state index contributed by atoms with van der Waals surface area (Å²) in [7, 11) is 0. The van der Waals surface area contributed by atoms with Crippen molar-refractivity contribution in [2.24, 2.45) is 5.92 Å². The Kier molecular flexibility index (Phi) is 4.59. The van der Waals surface area contributed by atoms with Gasteiger partial charge in [0.15, 0.2) is 5.69 Å². The van der Waals surface area contributed by atoms with E-state index in [9.17, 15) is 9.59 Å². The monoisotopic (exact) mass is 331 g/mol. The average Bonchev–Trinajstić information content (AvgIpc) is 3.20. The fraction of sp³-hybridized carbons (Fsp3) is 0.533. The molecule has 9 nitrogen and oxygen atoms in total. The molecule has 3 N–H and O–H groups in total. The lowest BCUT2D eigenvalue weighted by atomic mass is 9.96. The summed E-state index contributed by atoms with van der Waals surface area (Å²) in [6.45, 7) is 5.49. The van der Waals surface area contributed by atoms with Gasteiger partial charge in [0.2, 0.25) is 0 Å². The van der Waals surface area contributed by atoms with Crippen molar-refractivity contribution in [2.45, 2.75) is 26.7 Å². The van der Waals surface area contributed by atoms with Crippen LogP contribution in [0.4, 0.5) is 0 Å². The van der Waals surface area contributed by atoms with Gasteiger partial charge in [0.1, 0.15) is 5.69 Å². The number of aromatic amines is 2. The summed E-state index contributed by atoms with van der Waals surface area (Å²) < 4.78 is 0. The highest BCUT2D eigenvalue weighted by Crippen LogP contribution is 2.18. The number of H-pyrrole nitrogens is 2. The van der Waals surface area contributed by atoms with Gasteiger partial charge in [-0.05, 0) is 32.6 Å². The van der Waals surface area contributed by atoms with Gasteiger partial charge in [-0.1, -0.05) is 0 Å². The number of amides is 2. The number of aromatic nitrogens is 5. The maximum Gasteiger partial charge on any atom is 0.276 e. The quantitative estimate of drug-likeness (QED) is 0.750. The van der Waals surface area contributed by atoms with E-state index in [0.717, 1.165) is 18.5 Å². The van der Waals surface area contributed by atoms with E-state index in [1.807, 2.05) is 6.92 Å². The molecule has 1 aliphatic rings. The first-order valence-electron chi connectivity index (χ1n) is 8.01. The van der Waals surface area contributed by atoms with E-state index in [2.05, 4.69) is 30.7 Å². The highest BCUT2D eigenvalue weighted by Gasteiger charge is 2.26. The van der Waals surface area contributed by atoms with E-state index in [4.69, 9.17) is 0 Å². The van der Waals surface area contributed by atoms with Crippen molar-refractivity contribution >= 4 is 11.8 Å². The van der Waals surface area contributed by atoms with Crippen LogP contribution >= 0.6 is 0 Å². The number of hydrogen-bond acceptors (Lipinski definition) is 5. The van der Waals surface area contributed by atoms with Crippen LogP contribution in [0, 0.1) is 19.8 Å². The molecule has 24 heavy (non-hydrogen) atoms. The lowest BCUT2D eigenvalue weighted by Gasteiger charge is -2.31. The van der Waals surface area contributed by atoms with Crippen LogP contribution in [0.25, 0.3) is 0 Å². The SMILES string of the molecule is Cc1n[nH]nc1C(=O)N1CCC(CNC(=O)c2nc[nH]c2C)CC1. The smallest absolute Gasteiger partial charge is 0.276 e. The number of hydrogen-bond donors (Lipinski definition) is 3. The summed E-state index contributed by atoms with van der Waals surface area (Å²) in [5.74, 6) is 0.108. The Morgan fingerprint density at radius 3 is 2.58 bits per heavy atom. The van der Waals surface area contributed by atoms with Gasteiger partial charge in [-0.25, -0.2) is 4.98 Å². The number of imidazole rings is 1. The summed E-state index contributed by atoms with van der Waals surface area (Å²) >= 11 is 0. The second-order valence-corrected chi connectivity index (χ2v) is 6.08. The second-order valence-electron chi connectivity index (χ2n) is 6.08. The number of rotatable bonds is 4. The third-order valence-corrected chi connectivity index (χ3v) is 4.42. The number of nitrogens with one attached hydrogen (secondary N) is 3. The Morgan fingerprint density at radius 2 is 2.00 bits per heavy atom. The van der Waals surface area contributed by atoms with Crippen molar-refractivity contribution in [1.82, 2.24) is 35.6 Å². The van der Waals surface area contributed by atoms with Crippen LogP contribution in [0.2, 0.25) is 0 Å². The normalized spacial score (nSPS) is 15.5. The number of carbonyl (C=O) groups excluding carboxylic acids is 2. The van der Waals surface area contributed by atoms with Crippen molar-refractivity contribution in [1.29, 1.82) is 0 Å². The van der Waals surface area contributed by atoms with Crippen molar-refractivity contribution in [3.05, 3.63) is 29.1 Å². The Morgan fingerprint density at radius 1 is 1.25 bits per heavy atom. The van der Waals surface area contributed by atoms with Gasteiger partial charge < -0.3 is 15.2 Å². The molecular weight excluding hydrogens is 310 g/mol. The predicted octanol–water partition coefficient (Wildman–Crippen LogP) is 0.427. The lowest BCUT2D eigenvalue weighted by Crippen LogP contribution is -2.42. The second kappa shape index (κ2) is 6.81. The van der Waals surface area contributed by atoms with Crippen LogP contribution in [-0.4, -0.2) is 61.7 Å². The van der Waals surface area contributed by atoms with Gasteiger partial charge in [-0.15, -0.1) is 0 Å². The molecule has 9 heteroatoms. The van der Waals surface area contributed by atoms with E-state index < -0.39 is 0 Å². The standard InChI is InChI=1S/C15H21N7O2/c1-9-12(18-8-17-9)14(23)16-7-11-3-5-22(6-4-11)15(24)13-10(2)19-21-20-13/h8,11H,3-7H2,1-2H3,(H,16,23)(H,17,18)(H,19,20,21). The average molecular weight is 331 g/mol. The number of piperidine rings is 1. The molecular formula is C15H21N7O2. The summed E-state index contributed by atoms with van der Waals surface area (Å²) in [5.41, 5.74) is 2.19. The van der Waals surface area contributed by atoms with Crippen LogP contribution in [0.1, 0.15) is 45.2 Å². The number of aryl methyl sites for hydroxylation is 2. The Hall–Kier alpha value is -2.71. The maximum absolute atomic E-state index is 12.4. The molecule has 0 aromatic carbocycles. The van der Waals surface area contributed by atoms with Gasteiger partial charge >= 0.3 is 0 Å². The third-order valence-electron chi connectivity index (χ3n) is 4.42. The number of nitrogens with zero attached hydrogens (tertiary/aromatic N) is 4. The predicted molar refractivity (Wildman–Crippen MR) is 85.4 cm³/mol. The minimum absolute atomic E-state index is 0.0871. The first-order chi connectivity index (χ1) is 11.6. The fourth-order valence-corrected chi connectivity index (χ4v) is 2.88. The first kappa shape index (κ1) is 16.2. The summed E-state index contributed by atoms with van der Waals surface area (Å²) in [4.78, 5) is 33.1. The zero-order valence-electron chi connectivity index (χ0n) is 13.8. The molecule has 1 aliphatic heterocycles. The van der Waals surface area contributed by atoms with Crippen LogP contribution in [0.5, 0.6) is 0 Å². The first-order valence-corrected chi connectivity index (χ1v) is 8.01. The highest BCUT2D eigenvalue weighted by molar-refractivity contribution is 5.93. The molecule has 0 saturated carbocycles.